The molecule has 3 rings (SSSR count). The van der Waals surface area contributed by atoms with Crippen molar-refractivity contribution in [2.45, 2.75) is 18.4 Å². The quantitative estimate of drug-likeness (QED) is 0.479. The van der Waals surface area contributed by atoms with Gasteiger partial charge >= 0.3 is 5.97 Å². The van der Waals surface area contributed by atoms with Gasteiger partial charge in [0.2, 0.25) is 0 Å². The summed E-state index contributed by atoms with van der Waals surface area (Å²) in [4.78, 5) is 29.5. The molecule has 0 aliphatic carbocycles. The molecule has 170 valence electrons. The monoisotopic (exact) mass is 478 g/mol. The minimum absolute atomic E-state index is 0.0610. The number of esters is 1. The van der Waals surface area contributed by atoms with Gasteiger partial charge in [-0.3, -0.25) is 9.59 Å². The molecule has 1 aromatic heterocycles. The molecule has 3 aromatic rings. The van der Waals surface area contributed by atoms with E-state index in [1.54, 1.807) is 25.1 Å². The maximum Gasteiger partial charge on any atom is 0.326 e. The van der Waals surface area contributed by atoms with Crippen LogP contribution in [-0.2, 0) is 25.9 Å². The van der Waals surface area contributed by atoms with Gasteiger partial charge in [0.25, 0.3) is 5.91 Å². The Morgan fingerprint density at radius 3 is 2.34 bits per heavy atom. The molecule has 0 aliphatic heterocycles. The summed E-state index contributed by atoms with van der Waals surface area (Å²) in [5.41, 5.74) is 0.446. The van der Waals surface area contributed by atoms with Crippen LogP contribution in [0.5, 0.6) is 11.5 Å². The minimum Gasteiger partial charge on any atom is -0.495 e. The van der Waals surface area contributed by atoms with Gasteiger partial charge < -0.3 is 18.8 Å². The van der Waals surface area contributed by atoms with Gasteiger partial charge in [0, 0.05) is 6.26 Å². The average molecular weight is 479 g/mol. The van der Waals surface area contributed by atoms with Crippen LogP contribution in [-0.4, -0.2) is 51.9 Å². The number of hydrogen-bond acceptors (Lipinski definition) is 8. The van der Waals surface area contributed by atoms with E-state index in [9.17, 15) is 18.0 Å². The fourth-order valence-electron chi connectivity index (χ4n) is 3.14. The Balaban J connectivity index is 2.29. The first-order valence-corrected chi connectivity index (χ1v) is 12.2. The summed E-state index contributed by atoms with van der Waals surface area (Å²) in [6, 6.07) is 9.22. The van der Waals surface area contributed by atoms with E-state index in [-0.39, 0.29) is 28.4 Å². The van der Waals surface area contributed by atoms with Crippen molar-refractivity contribution in [3.63, 3.8) is 0 Å². The van der Waals surface area contributed by atoms with Crippen LogP contribution in [0.15, 0.2) is 46.3 Å². The van der Waals surface area contributed by atoms with Crippen LogP contribution >= 0.6 is 11.3 Å². The van der Waals surface area contributed by atoms with Crippen LogP contribution in [0.4, 0.5) is 0 Å². The smallest absolute Gasteiger partial charge is 0.326 e. The number of nitrogens with zero attached hydrogens (tertiary/aromatic N) is 2. The van der Waals surface area contributed by atoms with Gasteiger partial charge in [0.1, 0.15) is 28.3 Å². The Morgan fingerprint density at radius 2 is 1.72 bits per heavy atom. The molecule has 0 spiro atoms. The number of benzene rings is 2. The van der Waals surface area contributed by atoms with E-state index in [1.807, 2.05) is 0 Å². The van der Waals surface area contributed by atoms with Gasteiger partial charge in [-0.15, -0.1) is 0 Å². The molecule has 0 N–H and O–H groups in total. The second-order valence-electron chi connectivity index (χ2n) is 6.61. The third-order valence-corrected chi connectivity index (χ3v) is 6.75. The van der Waals surface area contributed by atoms with Crippen molar-refractivity contribution in [2.24, 2.45) is 4.99 Å². The van der Waals surface area contributed by atoms with E-state index < -0.39 is 21.7 Å². The maximum absolute atomic E-state index is 13.0. The molecule has 0 aliphatic rings. The number of aromatic nitrogens is 1. The number of hydrogen-bond donors (Lipinski definition) is 0. The van der Waals surface area contributed by atoms with E-state index in [1.165, 1.54) is 37.0 Å². The number of thiazole rings is 1. The van der Waals surface area contributed by atoms with Crippen molar-refractivity contribution in [1.29, 1.82) is 0 Å². The third-order valence-electron chi connectivity index (χ3n) is 4.50. The van der Waals surface area contributed by atoms with E-state index in [2.05, 4.69) is 4.99 Å². The summed E-state index contributed by atoms with van der Waals surface area (Å²) in [7, 11) is -0.667. The summed E-state index contributed by atoms with van der Waals surface area (Å²) in [6.45, 7) is 1.65. The van der Waals surface area contributed by atoms with E-state index in [0.29, 0.717) is 21.7 Å². The highest BCUT2D eigenvalue weighted by Crippen LogP contribution is 2.35. The first-order valence-electron chi connectivity index (χ1n) is 9.49. The van der Waals surface area contributed by atoms with E-state index >= 15 is 0 Å². The molecule has 1 amide bonds. The molecule has 0 unspecified atom stereocenters. The number of carbonyl (C=O) groups is 2. The molecule has 0 fully saturated rings. The van der Waals surface area contributed by atoms with E-state index in [0.717, 1.165) is 17.6 Å². The zero-order chi connectivity index (χ0) is 23.5. The standard InChI is InChI=1S/C21H22N2O7S2/c1-5-30-17(24)12-23-18-14(28-2)10-11-15(29-3)19(18)31-21(23)22-20(25)13-8-6-7-9-16(13)32(4,26)27/h6-11H,5,12H2,1-4H3. The lowest BCUT2D eigenvalue weighted by molar-refractivity contribution is -0.143. The molecular weight excluding hydrogens is 456 g/mol. The molecule has 0 saturated carbocycles. The Hall–Kier alpha value is -3.18. The SMILES string of the molecule is CCOC(=O)Cn1c(=NC(=O)c2ccccc2S(C)(=O)=O)sc2c(OC)ccc(OC)c21. The van der Waals surface area contributed by atoms with Crippen molar-refractivity contribution in [3.8, 4) is 11.5 Å². The van der Waals surface area contributed by atoms with Gasteiger partial charge in [-0.25, -0.2) is 8.42 Å². The predicted octanol–water partition coefficient (Wildman–Crippen LogP) is 2.43. The molecule has 32 heavy (non-hydrogen) atoms. The van der Waals surface area contributed by atoms with Crippen molar-refractivity contribution >= 4 is 43.3 Å². The Morgan fingerprint density at radius 1 is 1.06 bits per heavy atom. The van der Waals surface area contributed by atoms with E-state index in [4.69, 9.17) is 14.2 Å². The first kappa shape index (κ1) is 23.5. The van der Waals surface area contributed by atoms with Crippen LogP contribution in [0.3, 0.4) is 0 Å². The molecule has 0 bridgehead atoms. The average Bonchev–Trinajstić information content (AvgIpc) is 3.10. The van der Waals surface area contributed by atoms with Crippen molar-refractivity contribution in [1.82, 2.24) is 4.57 Å². The lowest BCUT2D eigenvalue weighted by Crippen LogP contribution is -2.23. The second-order valence-corrected chi connectivity index (χ2v) is 9.57. The summed E-state index contributed by atoms with van der Waals surface area (Å²) in [5, 5.41) is 0. The highest BCUT2D eigenvalue weighted by Gasteiger charge is 2.21. The predicted molar refractivity (Wildman–Crippen MR) is 119 cm³/mol. The fraction of sp³-hybridized carbons (Fsp3) is 0.286. The number of carbonyl (C=O) groups excluding carboxylic acids is 2. The number of rotatable bonds is 7. The lowest BCUT2D eigenvalue weighted by atomic mass is 10.2. The van der Waals surface area contributed by atoms with Crippen LogP contribution in [0.1, 0.15) is 17.3 Å². The topological polar surface area (TPSA) is 113 Å². The number of fused-ring (bicyclic) bond motifs is 1. The van der Waals surface area contributed by atoms with Gasteiger partial charge in [-0.2, -0.15) is 4.99 Å². The zero-order valence-electron chi connectivity index (χ0n) is 17.9. The van der Waals surface area contributed by atoms with Crippen molar-refractivity contribution < 1.29 is 32.2 Å². The molecule has 0 saturated heterocycles. The highest BCUT2D eigenvalue weighted by molar-refractivity contribution is 7.90. The van der Waals surface area contributed by atoms with Gasteiger partial charge in [-0.05, 0) is 31.2 Å². The second kappa shape index (κ2) is 9.53. The Kier molecular flexibility index (Phi) is 6.99. The zero-order valence-corrected chi connectivity index (χ0v) is 19.6. The Labute approximate surface area is 188 Å². The molecule has 0 radical (unpaired) electrons. The highest BCUT2D eigenvalue weighted by atomic mass is 32.2. The number of sulfone groups is 1. The molecule has 2 aromatic carbocycles. The van der Waals surface area contributed by atoms with Crippen LogP contribution < -0.4 is 14.3 Å². The third kappa shape index (κ3) is 4.68. The molecular formula is C21H22N2O7S2. The summed E-state index contributed by atoms with van der Waals surface area (Å²) in [6.07, 6.45) is 1.02. The summed E-state index contributed by atoms with van der Waals surface area (Å²) < 4.78 is 42.3. The lowest BCUT2D eigenvalue weighted by Gasteiger charge is -2.10. The minimum atomic E-state index is -3.65. The molecule has 0 atom stereocenters. The van der Waals surface area contributed by atoms with Crippen molar-refractivity contribution in [2.75, 3.05) is 27.1 Å². The van der Waals surface area contributed by atoms with Crippen molar-refractivity contribution in [3.05, 3.63) is 46.8 Å². The Bertz CT molecular complexity index is 1350. The fourth-order valence-corrected chi connectivity index (χ4v) is 5.15. The molecule has 9 nitrogen and oxygen atoms in total. The largest absolute Gasteiger partial charge is 0.495 e. The maximum atomic E-state index is 13.0. The summed E-state index contributed by atoms with van der Waals surface area (Å²) in [5.74, 6) is -0.323. The van der Waals surface area contributed by atoms with Crippen LogP contribution in [0.2, 0.25) is 0 Å². The molecule has 11 heteroatoms. The number of ether oxygens (including phenoxy) is 3. The molecule has 1 heterocycles. The normalized spacial score (nSPS) is 12.1. The van der Waals surface area contributed by atoms with Crippen LogP contribution in [0, 0.1) is 0 Å². The van der Waals surface area contributed by atoms with Crippen LogP contribution in [0.25, 0.3) is 10.2 Å². The first-order chi connectivity index (χ1) is 15.2. The summed E-state index contributed by atoms with van der Waals surface area (Å²) >= 11 is 1.11. The van der Waals surface area contributed by atoms with Gasteiger partial charge in [0.05, 0.1) is 31.3 Å². The van der Waals surface area contributed by atoms with Gasteiger partial charge in [-0.1, -0.05) is 23.5 Å². The number of amides is 1. The number of methoxy groups -OCH3 is 2. The van der Waals surface area contributed by atoms with Gasteiger partial charge in [0.15, 0.2) is 14.6 Å².